The molecule has 0 aromatic heterocycles. The van der Waals surface area contributed by atoms with E-state index in [4.69, 9.17) is 10.8 Å². The van der Waals surface area contributed by atoms with Gasteiger partial charge in [0.1, 0.15) is 0 Å². The molecule has 0 atom stereocenters. The number of aliphatic hydroxyl groups is 1. The molecule has 0 fully saturated rings. The number of unbranched alkanes of at least 4 members (excludes halogenated alkanes) is 2. The molecule has 2 rings (SSSR count). The minimum Gasteiger partial charge on any atom is -0.398 e. The molecule has 0 saturated heterocycles. The Morgan fingerprint density at radius 1 is 1.24 bits per heavy atom. The Kier molecular flexibility index (Phi) is 4.40. The Morgan fingerprint density at radius 2 is 2.12 bits per heavy atom. The Labute approximate surface area is 103 Å². The number of aliphatic hydroxyl groups excluding tert-OH is 1. The lowest BCUT2D eigenvalue weighted by atomic mass is 9.98. The SMILES string of the molecule is Nc1cccc2c1CN(CCCCCO)CC2. The third-order valence-electron chi connectivity index (χ3n) is 3.52. The van der Waals surface area contributed by atoms with E-state index in [1.54, 1.807) is 0 Å². The molecular formula is C14H22N2O. The van der Waals surface area contributed by atoms with Crippen molar-refractivity contribution in [1.82, 2.24) is 4.90 Å². The Balaban J connectivity index is 1.87. The van der Waals surface area contributed by atoms with Gasteiger partial charge in [0.25, 0.3) is 0 Å². The van der Waals surface area contributed by atoms with Gasteiger partial charge in [-0.25, -0.2) is 0 Å². The van der Waals surface area contributed by atoms with Crippen molar-refractivity contribution in [1.29, 1.82) is 0 Å². The molecule has 1 aromatic carbocycles. The van der Waals surface area contributed by atoms with Crippen molar-refractivity contribution < 1.29 is 5.11 Å². The Morgan fingerprint density at radius 3 is 2.94 bits per heavy atom. The second kappa shape index (κ2) is 6.03. The lowest BCUT2D eigenvalue weighted by Crippen LogP contribution is -2.31. The van der Waals surface area contributed by atoms with Crippen LogP contribution in [-0.2, 0) is 13.0 Å². The average molecular weight is 234 g/mol. The van der Waals surface area contributed by atoms with Crippen molar-refractivity contribution in [2.75, 3.05) is 25.4 Å². The molecule has 1 aromatic rings. The number of fused-ring (bicyclic) bond motifs is 1. The fraction of sp³-hybridized carbons (Fsp3) is 0.571. The van der Waals surface area contributed by atoms with Crippen molar-refractivity contribution in [3.8, 4) is 0 Å². The number of rotatable bonds is 5. The van der Waals surface area contributed by atoms with Crippen LogP contribution < -0.4 is 5.73 Å². The highest BCUT2D eigenvalue weighted by molar-refractivity contribution is 5.51. The lowest BCUT2D eigenvalue weighted by molar-refractivity contribution is 0.239. The molecule has 3 heteroatoms. The van der Waals surface area contributed by atoms with Gasteiger partial charge in [-0.05, 0) is 49.4 Å². The number of nitrogens with zero attached hydrogens (tertiary/aromatic N) is 1. The summed E-state index contributed by atoms with van der Waals surface area (Å²) in [5.74, 6) is 0. The Bertz CT molecular complexity index is 365. The van der Waals surface area contributed by atoms with Crippen molar-refractivity contribution >= 4 is 5.69 Å². The van der Waals surface area contributed by atoms with Crippen LogP contribution in [0.3, 0.4) is 0 Å². The maximum absolute atomic E-state index is 8.74. The van der Waals surface area contributed by atoms with E-state index in [9.17, 15) is 0 Å². The first kappa shape index (κ1) is 12.4. The maximum atomic E-state index is 8.74. The molecule has 0 spiro atoms. The quantitative estimate of drug-likeness (QED) is 0.603. The average Bonchev–Trinajstić information content (AvgIpc) is 2.36. The fourth-order valence-corrected chi connectivity index (χ4v) is 2.48. The Hall–Kier alpha value is -1.06. The molecule has 0 aliphatic carbocycles. The van der Waals surface area contributed by atoms with Crippen LogP contribution in [0.5, 0.6) is 0 Å². The number of hydrogen-bond acceptors (Lipinski definition) is 3. The monoisotopic (exact) mass is 234 g/mol. The zero-order valence-electron chi connectivity index (χ0n) is 10.4. The van der Waals surface area contributed by atoms with Gasteiger partial charge >= 0.3 is 0 Å². The number of anilines is 1. The molecule has 17 heavy (non-hydrogen) atoms. The van der Waals surface area contributed by atoms with Crippen LogP contribution in [0.25, 0.3) is 0 Å². The zero-order chi connectivity index (χ0) is 12.1. The molecule has 94 valence electrons. The van der Waals surface area contributed by atoms with E-state index in [1.807, 2.05) is 12.1 Å². The summed E-state index contributed by atoms with van der Waals surface area (Å²) in [6.45, 7) is 3.56. The van der Waals surface area contributed by atoms with Crippen molar-refractivity contribution in [3.05, 3.63) is 29.3 Å². The van der Waals surface area contributed by atoms with Crippen molar-refractivity contribution in [2.45, 2.75) is 32.2 Å². The van der Waals surface area contributed by atoms with Gasteiger partial charge in [-0.15, -0.1) is 0 Å². The van der Waals surface area contributed by atoms with Crippen LogP contribution in [0.2, 0.25) is 0 Å². The van der Waals surface area contributed by atoms with Crippen LogP contribution in [0.15, 0.2) is 18.2 Å². The molecule has 3 nitrogen and oxygen atoms in total. The zero-order valence-corrected chi connectivity index (χ0v) is 10.4. The van der Waals surface area contributed by atoms with Gasteiger partial charge in [0.05, 0.1) is 0 Å². The van der Waals surface area contributed by atoms with Gasteiger partial charge in [0.2, 0.25) is 0 Å². The van der Waals surface area contributed by atoms with Crippen LogP contribution >= 0.6 is 0 Å². The highest BCUT2D eigenvalue weighted by atomic mass is 16.2. The van der Waals surface area contributed by atoms with E-state index in [1.165, 1.54) is 17.5 Å². The third-order valence-corrected chi connectivity index (χ3v) is 3.52. The number of nitrogen functional groups attached to an aromatic ring is 1. The lowest BCUT2D eigenvalue weighted by Gasteiger charge is -2.29. The molecular weight excluding hydrogens is 212 g/mol. The predicted molar refractivity (Wildman–Crippen MR) is 70.8 cm³/mol. The summed E-state index contributed by atoms with van der Waals surface area (Å²) in [7, 11) is 0. The van der Waals surface area contributed by atoms with E-state index >= 15 is 0 Å². The normalized spacial score (nSPS) is 15.8. The van der Waals surface area contributed by atoms with E-state index < -0.39 is 0 Å². The first-order valence-corrected chi connectivity index (χ1v) is 6.50. The molecule has 1 heterocycles. The minimum atomic E-state index is 0.315. The van der Waals surface area contributed by atoms with Crippen LogP contribution in [0, 0.1) is 0 Å². The van der Waals surface area contributed by atoms with Crippen LogP contribution in [-0.4, -0.2) is 29.7 Å². The van der Waals surface area contributed by atoms with E-state index in [-0.39, 0.29) is 0 Å². The summed E-state index contributed by atoms with van der Waals surface area (Å²) < 4.78 is 0. The van der Waals surface area contributed by atoms with Gasteiger partial charge in [-0.1, -0.05) is 12.1 Å². The minimum absolute atomic E-state index is 0.315. The highest BCUT2D eigenvalue weighted by Crippen LogP contribution is 2.24. The van der Waals surface area contributed by atoms with E-state index in [2.05, 4.69) is 11.0 Å². The molecule has 0 unspecified atom stereocenters. The first-order valence-electron chi connectivity index (χ1n) is 6.50. The summed E-state index contributed by atoms with van der Waals surface area (Å²) in [4.78, 5) is 2.47. The van der Waals surface area contributed by atoms with E-state index in [0.717, 1.165) is 44.6 Å². The van der Waals surface area contributed by atoms with Gasteiger partial charge in [0, 0.05) is 25.4 Å². The highest BCUT2D eigenvalue weighted by Gasteiger charge is 2.17. The molecule has 0 saturated carbocycles. The standard InChI is InChI=1S/C14H22N2O/c15-14-6-4-5-12-7-9-16(11-13(12)14)8-2-1-3-10-17/h4-6,17H,1-3,7-11,15H2. The molecule has 3 N–H and O–H groups in total. The summed E-state index contributed by atoms with van der Waals surface area (Å²) in [6.07, 6.45) is 4.32. The molecule has 0 amide bonds. The van der Waals surface area contributed by atoms with Gasteiger partial charge in [0.15, 0.2) is 0 Å². The topological polar surface area (TPSA) is 49.5 Å². The smallest absolute Gasteiger partial charge is 0.0431 e. The summed E-state index contributed by atoms with van der Waals surface area (Å²) in [6, 6.07) is 6.23. The third kappa shape index (κ3) is 3.20. The largest absolute Gasteiger partial charge is 0.398 e. The number of nitrogens with two attached hydrogens (primary N) is 1. The summed E-state index contributed by atoms with van der Waals surface area (Å²) in [5.41, 5.74) is 9.69. The number of benzene rings is 1. The summed E-state index contributed by atoms with van der Waals surface area (Å²) >= 11 is 0. The van der Waals surface area contributed by atoms with Crippen LogP contribution in [0.1, 0.15) is 30.4 Å². The second-order valence-electron chi connectivity index (χ2n) is 4.80. The first-order chi connectivity index (χ1) is 8.31. The van der Waals surface area contributed by atoms with Crippen LogP contribution in [0.4, 0.5) is 5.69 Å². The van der Waals surface area contributed by atoms with Crippen molar-refractivity contribution in [2.24, 2.45) is 0 Å². The molecule has 1 aliphatic rings. The predicted octanol–water partition coefficient (Wildman–Crippen LogP) is 1.79. The molecule has 1 aliphatic heterocycles. The van der Waals surface area contributed by atoms with E-state index in [0.29, 0.717) is 6.61 Å². The van der Waals surface area contributed by atoms with Gasteiger partial charge < -0.3 is 10.8 Å². The molecule has 0 radical (unpaired) electrons. The molecule has 0 bridgehead atoms. The fourth-order valence-electron chi connectivity index (χ4n) is 2.48. The van der Waals surface area contributed by atoms with Gasteiger partial charge in [-0.3, -0.25) is 4.90 Å². The summed E-state index contributed by atoms with van der Waals surface area (Å²) in [5, 5.41) is 8.74. The number of hydrogen-bond donors (Lipinski definition) is 2. The van der Waals surface area contributed by atoms with Gasteiger partial charge in [-0.2, -0.15) is 0 Å². The van der Waals surface area contributed by atoms with Crippen molar-refractivity contribution in [3.63, 3.8) is 0 Å². The maximum Gasteiger partial charge on any atom is 0.0431 e. The second-order valence-corrected chi connectivity index (χ2v) is 4.80.